The number of pyridine rings is 1. The molecule has 1 N–H and O–H groups in total. The standard InChI is InChI=1S/C14H20FN3O/c1-3-10-9-18(7-6-12(10)16-2)14(19)13-5-4-11(15)8-17-13/h4-5,8,10,12,16H,3,6-7,9H2,1-2H3. The van der Waals surface area contributed by atoms with E-state index in [0.717, 1.165) is 32.1 Å². The highest BCUT2D eigenvalue weighted by Gasteiger charge is 2.30. The van der Waals surface area contributed by atoms with E-state index in [0.29, 0.717) is 17.7 Å². The van der Waals surface area contributed by atoms with E-state index in [1.807, 2.05) is 11.9 Å². The molecule has 1 aliphatic heterocycles. The smallest absolute Gasteiger partial charge is 0.272 e. The Bertz CT molecular complexity index is 435. The molecule has 2 rings (SSSR count). The van der Waals surface area contributed by atoms with E-state index in [-0.39, 0.29) is 5.91 Å². The van der Waals surface area contributed by atoms with Gasteiger partial charge in [0.2, 0.25) is 0 Å². The molecule has 2 atom stereocenters. The van der Waals surface area contributed by atoms with Crippen molar-refractivity contribution in [1.29, 1.82) is 0 Å². The van der Waals surface area contributed by atoms with Crippen LogP contribution in [0.3, 0.4) is 0 Å². The largest absolute Gasteiger partial charge is 0.337 e. The van der Waals surface area contributed by atoms with Gasteiger partial charge < -0.3 is 10.2 Å². The second-order valence-electron chi connectivity index (χ2n) is 4.96. The summed E-state index contributed by atoms with van der Waals surface area (Å²) >= 11 is 0. The number of carbonyl (C=O) groups excluding carboxylic acids is 1. The average molecular weight is 265 g/mol. The van der Waals surface area contributed by atoms with Gasteiger partial charge in [0.1, 0.15) is 11.5 Å². The molecule has 0 radical (unpaired) electrons. The summed E-state index contributed by atoms with van der Waals surface area (Å²) in [5, 5.41) is 3.31. The number of amides is 1. The topological polar surface area (TPSA) is 45.2 Å². The van der Waals surface area contributed by atoms with E-state index in [2.05, 4.69) is 17.2 Å². The lowest BCUT2D eigenvalue weighted by molar-refractivity contribution is 0.0625. The minimum absolute atomic E-state index is 0.104. The van der Waals surface area contributed by atoms with Gasteiger partial charge in [-0.15, -0.1) is 0 Å². The van der Waals surface area contributed by atoms with Gasteiger partial charge >= 0.3 is 0 Å². The zero-order valence-corrected chi connectivity index (χ0v) is 11.4. The van der Waals surface area contributed by atoms with E-state index < -0.39 is 5.82 Å². The fraction of sp³-hybridized carbons (Fsp3) is 0.571. The minimum atomic E-state index is -0.420. The van der Waals surface area contributed by atoms with E-state index in [4.69, 9.17) is 0 Å². The molecule has 104 valence electrons. The lowest BCUT2D eigenvalue weighted by Gasteiger charge is -2.38. The predicted octanol–water partition coefficient (Wildman–Crippen LogP) is 1.68. The third kappa shape index (κ3) is 3.10. The third-order valence-electron chi connectivity index (χ3n) is 3.86. The molecule has 0 aromatic carbocycles. The number of nitrogens with one attached hydrogen (secondary N) is 1. The molecule has 1 aromatic heterocycles. The maximum Gasteiger partial charge on any atom is 0.272 e. The van der Waals surface area contributed by atoms with Crippen LogP contribution >= 0.6 is 0 Å². The van der Waals surface area contributed by atoms with Crippen LogP contribution in [0.15, 0.2) is 18.3 Å². The molecule has 19 heavy (non-hydrogen) atoms. The van der Waals surface area contributed by atoms with Crippen molar-refractivity contribution in [3.8, 4) is 0 Å². The van der Waals surface area contributed by atoms with Crippen molar-refractivity contribution < 1.29 is 9.18 Å². The van der Waals surface area contributed by atoms with E-state index in [1.165, 1.54) is 12.1 Å². The summed E-state index contributed by atoms with van der Waals surface area (Å²) in [5.41, 5.74) is 0.319. The van der Waals surface area contributed by atoms with Gasteiger partial charge in [0, 0.05) is 19.1 Å². The summed E-state index contributed by atoms with van der Waals surface area (Å²) < 4.78 is 12.8. The number of hydrogen-bond donors (Lipinski definition) is 1. The normalized spacial score (nSPS) is 23.4. The molecule has 0 saturated carbocycles. The van der Waals surface area contributed by atoms with Gasteiger partial charge in [-0.1, -0.05) is 13.3 Å². The first-order chi connectivity index (χ1) is 9.15. The van der Waals surface area contributed by atoms with Crippen molar-refractivity contribution in [2.24, 2.45) is 5.92 Å². The minimum Gasteiger partial charge on any atom is -0.337 e. The zero-order chi connectivity index (χ0) is 13.8. The van der Waals surface area contributed by atoms with Crippen molar-refractivity contribution in [3.63, 3.8) is 0 Å². The van der Waals surface area contributed by atoms with Crippen LogP contribution in [0.25, 0.3) is 0 Å². The Hall–Kier alpha value is -1.49. The summed E-state index contributed by atoms with van der Waals surface area (Å²) in [7, 11) is 1.96. The Morgan fingerprint density at radius 2 is 2.37 bits per heavy atom. The van der Waals surface area contributed by atoms with Crippen LogP contribution < -0.4 is 5.32 Å². The van der Waals surface area contributed by atoms with Gasteiger partial charge in [-0.05, 0) is 31.5 Å². The molecule has 0 bridgehead atoms. The Kier molecular flexibility index (Phi) is 4.47. The fourth-order valence-electron chi connectivity index (χ4n) is 2.67. The van der Waals surface area contributed by atoms with Crippen LogP contribution in [-0.2, 0) is 0 Å². The van der Waals surface area contributed by atoms with Crippen molar-refractivity contribution >= 4 is 5.91 Å². The van der Waals surface area contributed by atoms with Crippen LogP contribution in [0.1, 0.15) is 30.3 Å². The fourth-order valence-corrected chi connectivity index (χ4v) is 2.67. The second-order valence-corrected chi connectivity index (χ2v) is 4.96. The summed E-state index contributed by atoms with van der Waals surface area (Å²) in [4.78, 5) is 18.0. The van der Waals surface area contributed by atoms with E-state index in [1.54, 1.807) is 0 Å². The van der Waals surface area contributed by atoms with Crippen molar-refractivity contribution in [2.45, 2.75) is 25.8 Å². The second kappa shape index (κ2) is 6.10. The molecule has 0 spiro atoms. The molecule has 5 heteroatoms. The Morgan fingerprint density at radius 3 is 2.95 bits per heavy atom. The van der Waals surface area contributed by atoms with Gasteiger partial charge in [-0.2, -0.15) is 0 Å². The summed E-state index contributed by atoms with van der Waals surface area (Å²) in [5.74, 6) is -0.0620. The Morgan fingerprint density at radius 1 is 1.58 bits per heavy atom. The maximum absolute atomic E-state index is 12.8. The number of nitrogens with zero attached hydrogens (tertiary/aromatic N) is 2. The molecule has 2 heterocycles. The molecular weight excluding hydrogens is 245 g/mol. The van der Waals surface area contributed by atoms with Crippen molar-refractivity contribution in [3.05, 3.63) is 29.8 Å². The quantitative estimate of drug-likeness (QED) is 0.904. The highest BCUT2D eigenvalue weighted by Crippen LogP contribution is 2.21. The lowest BCUT2D eigenvalue weighted by atomic mass is 9.90. The highest BCUT2D eigenvalue weighted by molar-refractivity contribution is 5.92. The van der Waals surface area contributed by atoms with Gasteiger partial charge in [0.05, 0.1) is 6.20 Å². The maximum atomic E-state index is 12.8. The molecule has 1 amide bonds. The molecule has 1 saturated heterocycles. The number of rotatable bonds is 3. The lowest BCUT2D eigenvalue weighted by Crippen LogP contribution is -2.50. The monoisotopic (exact) mass is 265 g/mol. The first-order valence-electron chi connectivity index (χ1n) is 6.73. The number of likely N-dealkylation sites (tertiary alicyclic amines) is 1. The molecular formula is C14H20FN3O. The number of halogens is 1. The highest BCUT2D eigenvalue weighted by atomic mass is 19.1. The van der Waals surface area contributed by atoms with Crippen molar-refractivity contribution in [1.82, 2.24) is 15.2 Å². The van der Waals surface area contributed by atoms with Crippen LogP contribution in [-0.4, -0.2) is 42.0 Å². The molecule has 1 aliphatic rings. The first kappa shape index (κ1) is 13.9. The molecule has 4 nitrogen and oxygen atoms in total. The van der Waals surface area contributed by atoms with Crippen molar-refractivity contribution in [2.75, 3.05) is 20.1 Å². The zero-order valence-electron chi connectivity index (χ0n) is 11.4. The van der Waals surface area contributed by atoms with Gasteiger partial charge in [-0.25, -0.2) is 9.37 Å². The molecule has 1 fully saturated rings. The Labute approximate surface area is 113 Å². The van der Waals surface area contributed by atoms with Gasteiger partial charge in [-0.3, -0.25) is 4.79 Å². The molecule has 1 aromatic rings. The van der Waals surface area contributed by atoms with E-state index >= 15 is 0 Å². The van der Waals surface area contributed by atoms with Gasteiger partial charge in [0.25, 0.3) is 5.91 Å². The predicted molar refractivity (Wildman–Crippen MR) is 71.3 cm³/mol. The Balaban J connectivity index is 2.06. The first-order valence-corrected chi connectivity index (χ1v) is 6.73. The van der Waals surface area contributed by atoms with Gasteiger partial charge in [0.15, 0.2) is 0 Å². The van der Waals surface area contributed by atoms with Crippen LogP contribution in [0.4, 0.5) is 4.39 Å². The third-order valence-corrected chi connectivity index (χ3v) is 3.86. The summed E-state index contributed by atoms with van der Waals surface area (Å²) in [6.07, 6.45) is 3.07. The number of piperidine rings is 1. The summed E-state index contributed by atoms with van der Waals surface area (Å²) in [6.45, 7) is 3.60. The van der Waals surface area contributed by atoms with E-state index in [9.17, 15) is 9.18 Å². The average Bonchev–Trinajstić information content (AvgIpc) is 2.46. The number of hydrogen-bond acceptors (Lipinski definition) is 3. The van der Waals surface area contributed by atoms with Crippen LogP contribution in [0, 0.1) is 11.7 Å². The number of aromatic nitrogens is 1. The van der Waals surface area contributed by atoms with Crippen LogP contribution in [0.5, 0.6) is 0 Å². The molecule has 0 aliphatic carbocycles. The number of carbonyl (C=O) groups is 1. The van der Waals surface area contributed by atoms with Crippen LogP contribution in [0.2, 0.25) is 0 Å². The SMILES string of the molecule is CCC1CN(C(=O)c2ccc(F)cn2)CCC1NC. The molecule has 2 unspecified atom stereocenters. The summed E-state index contributed by atoms with van der Waals surface area (Å²) in [6, 6.07) is 3.19.